The first-order chi connectivity index (χ1) is 8.83. The highest BCUT2D eigenvalue weighted by atomic mass is 79.9. The molecular formula is C15H14BrClO. The van der Waals surface area contributed by atoms with Crippen LogP contribution in [0, 0.1) is 0 Å². The maximum atomic E-state index is 6.26. The third-order valence-corrected chi connectivity index (χ3v) is 3.32. The van der Waals surface area contributed by atoms with E-state index >= 15 is 0 Å². The zero-order valence-corrected chi connectivity index (χ0v) is 12.2. The molecule has 2 aromatic rings. The Labute approximate surface area is 121 Å². The number of hydrogen-bond donors (Lipinski definition) is 0. The summed E-state index contributed by atoms with van der Waals surface area (Å²) >= 11 is 9.64. The third kappa shape index (κ3) is 3.35. The van der Waals surface area contributed by atoms with Crippen molar-refractivity contribution < 1.29 is 4.74 Å². The molecule has 0 bridgehead atoms. The van der Waals surface area contributed by atoms with Crippen LogP contribution >= 0.6 is 27.5 Å². The molecule has 0 saturated heterocycles. The van der Waals surface area contributed by atoms with Gasteiger partial charge in [0.15, 0.2) is 0 Å². The average molecular weight is 326 g/mol. The van der Waals surface area contributed by atoms with Gasteiger partial charge >= 0.3 is 0 Å². The second-order valence-corrected chi connectivity index (χ2v) is 5.07. The van der Waals surface area contributed by atoms with Gasteiger partial charge in [0.1, 0.15) is 6.10 Å². The van der Waals surface area contributed by atoms with Crippen molar-refractivity contribution in [3.05, 3.63) is 70.7 Å². The molecule has 0 heterocycles. The van der Waals surface area contributed by atoms with Gasteiger partial charge in [-0.05, 0) is 11.6 Å². The predicted molar refractivity (Wildman–Crippen MR) is 79.5 cm³/mol. The summed E-state index contributed by atoms with van der Waals surface area (Å²) < 4.78 is 5.91. The lowest BCUT2D eigenvalue weighted by Gasteiger charge is -2.19. The molecule has 1 atom stereocenters. The number of halogens is 2. The normalized spacial score (nSPS) is 12.3. The summed E-state index contributed by atoms with van der Waals surface area (Å²) in [5, 5.41) is 1.54. The van der Waals surface area contributed by atoms with Crippen LogP contribution in [0.4, 0.5) is 0 Å². The fourth-order valence-corrected chi connectivity index (χ4v) is 2.27. The Bertz CT molecular complexity index is 487. The van der Waals surface area contributed by atoms with Gasteiger partial charge in [0.2, 0.25) is 0 Å². The zero-order chi connectivity index (χ0) is 12.8. The van der Waals surface area contributed by atoms with E-state index in [2.05, 4.69) is 28.1 Å². The molecule has 0 aromatic heterocycles. The monoisotopic (exact) mass is 324 g/mol. The van der Waals surface area contributed by atoms with Gasteiger partial charge in [-0.1, -0.05) is 76.1 Å². The van der Waals surface area contributed by atoms with E-state index in [0.29, 0.717) is 6.61 Å². The minimum Gasteiger partial charge on any atom is -0.368 e. The molecule has 1 unspecified atom stereocenters. The molecule has 2 aromatic carbocycles. The van der Waals surface area contributed by atoms with Crippen molar-refractivity contribution in [1.82, 2.24) is 0 Å². The molecule has 0 fully saturated rings. The van der Waals surface area contributed by atoms with E-state index in [0.717, 1.165) is 21.5 Å². The Hall–Kier alpha value is -0.830. The fraction of sp³-hybridized carbons (Fsp3) is 0.200. The van der Waals surface area contributed by atoms with Crippen molar-refractivity contribution in [3.63, 3.8) is 0 Å². The van der Waals surface area contributed by atoms with Crippen LogP contribution in [-0.4, -0.2) is 11.9 Å². The molecule has 0 N–H and O–H groups in total. The van der Waals surface area contributed by atoms with Crippen LogP contribution in [-0.2, 0) is 4.74 Å². The minimum absolute atomic E-state index is 0.113. The number of benzene rings is 2. The molecule has 0 aliphatic rings. The summed E-state index contributed by atoms with van der Waals surface area (Å²) in [4.78, 5) is 0. The summed E-state index contributed by atoms with van der Waals surface area (Å²) in [7, 11) is 0. The van der Waals surface area contributed by atoms with Crippen molar-refractivity contribution in [2.24, 2.45) is 0 Å². The Balaban J connectivity index is 2.34. The first-order valence-electron chi connectivity index (χ1n) is 5.80. The lowest BCUT2D eigenvalue weighted by molar-refractivity contribution is 0.0941. The molecular weight excluding hydrogens is 312 g/mol. The van der Waals surface area contributed by atoms with E-state index in [1.165, 1.54) is 0 Å². The number of rotatable bonds is 5. The lowest BCUT2D eigenvalue weighted by Crippen LogP contribution is -2.08. The number of alkyl halides is 1. The smallest absolute Gasteiger partial charge is 0.109 e. The van der Waals surface area contributed by atoms with E-state index in [1.54, 1.807) is 0 Å². The van der Waals surface area contributed by atoms with E-state index in [4.69, 9.17) is 16.3 Å². The van der Waals surface area contributed by atoms with Gasteiger partial charge in [-0.25, -0.2) is 0 Å². The minimum atomic E-state index is -0.113. The van der Waals surface area contributed by atoms with Crippen molar-refractivity contribution in [1.29, 1.82) is 0 Å². The van der Waals surface area contributed by atoms with Crippen molar-refractivity contribution >= 4 is 27.5 Å². The van der Waals surface area contributed by atoms with E-state index in [-0.39, 0.29) is 6.10 Å². The lowest BCUT2D eigenvalue weighted by atomic mass is 10.0. The van der Waals surface area contributed by atoms with Crippen LogP contribution in [0.25, 0.3) is 0 Å². The van der Waals surface area contributed by atoms with Crippen LogP contribution in [0.2, 0.25) is 5.02 Å². The van der Waals surface area contributed by atoms with Crippen LogP contribution in [0.1, 0.15) is 17.2 Å². The summed E-state index contributed by atoms with van der Waals surface area (Å²) in [6.45, 7) is 0.644. The Morgan fingerprint density at radius 1 is 1.00 bits per heavy atom. The summed E-state index contributed by atoms with van der Waals surface area (Å²) in [5.41, 5.74) is 2.12. The maximum Gasteiger partial charge on any atom is 0.109 e. The first-order valence-corrected chi connectivity index (χ1v) is 7.30. The third-order valence-electron chi connectivity index (χ3n) is 2.65. The molecule has 1 nitrogen and oxygen atoms in total. The van der Waals surface area contributed by atoms with Gasteiger partial charge in [-0.2, -0.15) is 0 Å². The quantitative estimate of drug-likeness (QED) is 0.715. The average Bonchev–Trinajstić information content (AvgIpc) is 2.42. The van der Waals surface area contributed by atoms with E-state index in [1.807, 2.05) is 42.5 Å². The first kappa shape index (κ1) is 13.6. The summed E-state index contributed by atoms with van der Waals surface area (Å²) in [6, 6.07) is 17.9. The molecule has 2 rings (SSSR count). The van der Waals surface area contributed by atoms with Crippen LogP contribution in [0.3, 0.4) is 0 Å². The Morgan fingerprint density at radius 3 is 2.33 bits per heavy atom. The largest absolute Gasteiger partial charge is 0.368 e. The van der Waals surface area contributed by atoms with E-state index in [9.17, 15) is 0 Å². The highest BCUT2D eigenvalue weighted by molar-refractivity contribution is 9.09. The fourth-order valence-electron chi connectivity index (χ4n) is 1.84. The van der Waals surface area contributed by atoms with Crippen LogP contribution < -0.4 is 0 Å². The van der Waals surface area contributed by atoms with Gasteiger partial charge in [-0.15, -0.1) is 0 Å². The topological polar surface area (TPSA) is 9.23 Å². The van der Waals surface area contributed by atoms with Crippen LogP contribution in [0.15, 0.2) is 54.6 Å². The Morgan fingerprint density at radius 2 is 1.67 bits per heavy atom. The molecule has 0 saturated carbocycles. The second kappa shape index (κ2) is 6.93. The molecule has 0 spiro atoms. The van der Waals surface area contributed by atoms with Crippen molar-refractivity contribution in [2.75, 3.05) is 11.9 Å². The summed E-state index contributed by atoms with van der Waals surface area (Å²) in [6.07, 6.45) is -0.113. The number of hydrogen-bond acceptors (Lipinski definition) is 1. The highest BCUT2D eigenvalue weighted by Crippen LogP contribution is 2.31. The predicted octanol–water partition coefficient (Wildman–Crippen LogP) is 4.84. The summed E-state index contributed by atoms with van der Waals surface area (Å²) in [5.74, 6) is 0. The van der Waals surface area contributed by atoms with Gasteiger partial charge in [-0.3, -0.25) is 0 Å². The molecule has 0 aliphatic heterocycles. The SMILES string of the molecule is Clc1ccccc1C(OCCBr)c1ccccc1. The van der Waals surface area contributed by atoms with Crippen molar-refractivity contribution in [2.45, 2.75) is 6.10 Å². The van der Waals surface area contributed by atoms with Crippen molar-refractivity contribution in [3.8, 4) is 0 Å². The maximum absolute atomic E-state index is 6.26. The molecule has 0 amide bonds. The molecule has 18 heavy (non-hydrogen) atoms. The Kier molecular flexibility index (Phi) is 5.24. The molecule has 0 radical (unpaired) electrons. The molecule has 3 heteroatoms. The van der Waals surface area contributed by atoms with Gasteiger partial charge in [0.25, 0.3) is 0 Å². The number of ether oxygens (including phenoxy) is 1. The van der Waals surface area contributed by atoms with E-state index < -0.39 is 0 Å². The van der Waals surface area contributed by atoms with Gasteiger partial charge < -0.3 is 4.74 Å². The highest BCUT2D eigenvalue weighted by Gasteiger charge is 2.16. The van der Waals surface area contributed by atoms with Gasteiger partial charge in [0, 0.05) is 15.9 Å². The zero-order valence-electron chi connectivity index (χ0n) is 9.85. The standard InChI is InChI=1S/C15H14BrClO/c16-10-11-18-15(12-6-2-1-3-7-12)13-8-4-5-9-14(13)17/h1-9,15H,10-11H2. The second-order valence-electron chi connectivity index (χ2n) is 3.87. The van der Waals surface area contributed by atoms with Crippen LogP contribution in [0.5, 0.6) is 0 Å². The molecule has 94 valence electrons. The molecule has 0 aliphatic carbocycles. The van der Waals surface area contributed by atoms with Gasteiger partial charge in [0.05, 0.1) is 6.61 Å².